The highest BCUT2D eigenvalue weighted by molar-refractivity contribution is 14.1. The van der Waals surface area contributed by atoms with Crippen LogP contribution < -0.4 is 11.1 Å². The second-order valence-electron chi connectivity index (χ2n) is 11.6. The maximum Gasteiger partial charge on any atom is 0.252 e. The van der Waals surface area contributed by atoms with Gasteiger partial charge in [-0.2, -0.15) is 0 Å². The molecule has 5 N–H and O–H groups in total. The Balaban J connectivity index is 1.39. The number of phenols is 1. The average molecular weight is 616 g/mol. The highest BCUT2D eigenvalue weighted by atomic mass is 127. The Morgan fingerprint density at radius 3 is 2.68 bits per heavy atom. The van der Waals surface area contributed by atoms with E-state index in [0.29, 0.717) is 49.1 Å². The molecule has 8 heteroatoms. The molecule has 0 spiro atoms. The van der Waals surface area contributed by atoms with E-state index in [1.54, 1.807) is 6.07 Å². The number of nitrogens with one attached hydrogen (secondary N) is 1. The number of hydrogen-bond donors (Lipinski definition) is 4. The first-order valence-corrected chi connectivity index (χ1v) is 14.5. The molecule has 2 aromatic rings. The smallest absolute Gasteiger partial charge is 0.252 e. The number of aromatic hydroxyl groups is 1. The van der Waals surface area contributed by atoms with Gasteiger partial charge in [-0.1, -0.05) is 18.6 Å². The number of primary amides is 1. The summed E-state index contributed by atoms with van der Waals surface area (Å²) < 4.78 is 0.994. The number of amides is 2. The number of likely N-dealkylation sites (tertiary alicyclic amines) is 1. The van der Waals surface area contributed by atoms with Crippen LogP contribution in [0.15, 0.2) is 36.4 Å². The molecule has 7 nitrogen and oxygen atoms in total. The topological polar surface area (TPSA) is 116 Å². The van der Waals surface area contributed by atoms with Gasteiger partial charge < -0.3 is 21.3 Å². The van der Waals surface area contributed by atoms with Crippen molar-refractivity contribution in [1.29, 1.82) is 0 Å². The van der Waals surface area contributed by atoms with Crippen LogP contribution >= 0.6 is 22.6 Å². The van der Waals surface area contributed by atoms with Crippen LogP contribution in [0.1, 0.15) is 76.8 Å². The summed E-state index contributed by atoms with van der Waals surface area (Å²) in [6.07, 6.45) is 6.76. The van der Waals surface area contributed by atoms with Crippen LogP contribution in [0.5, 0.6) is 5.75 Å². The van der Waals surface area contributed by atoms with Crippen molar-refractivity contribution in [1.82, 2.24) is 10.2 Å². The molecule has 2 amide bonds. The molecule has 1 saturated heterocycles. The largest absolute Gasteiger partial charge is 0.507 e. The quantitative estimate of drug-likeness (QED) is 0.385. The molecule has 4 atom stereocenters. The minimum absolute atomic E-state index is 0.0551. The second-order valence-corrected chi connectivity index (χ2v) is 12.8. The number of fused-ring (bicyclic) bond motifs is 1. The molecule has 3 fully saturated rings. The molecule has 1 heterocycles. The summed E-state index contributed by atoms with van der Waals surface area (Å²) in [5.41, 5.74) is 6.14. The monoisotopic (exact) mass is 615 g/mol. The van der Waals surface area contributed by atoms with E-state index in [1.807, 2.05) is 30.3 Å². The lowest BCUT2D eigenvalue weighted by molar-refractivity contribution is -0.173. The number of piperidine rings is 1. The third-order valence-electron chi connectivity index (χ3n) is 9.68. The van der Waals surface area contributed by atoms with Crippen molar-refractivity contribution in [2.45, 2.75) is 74.5 Å². The number of hydrogen-bond acceptors (Lipinski definition) is 5. The fourth-order valence-electron chi connectivity index (χ4n) is 7.66. The fourth-order valence-corrected chi connectivity index (χ4v) is 8.21. The van der Waals surface area contributed by atoms with E-state index in [0.717, 1.165) is 22.2 Å². The SMILES string of the molecule is NC(=O)c1ccc2c(c1O)[C@]13CCN(CC4CCC4)[C@H](C2)[C@]1(O)CCC(NC(=O)c1cccc(I)c1)C3. The lowest BCUT2D eigenvalue weighted by atomic mass is 9.48. The van der Waals surface area contributed by atoms with Crippen LogP contribution in [0.25, 0.3) is 0 Å². The third-order valence-corrected chi connectivity index (χ3v) is 10.3. The second kappa shape index (κ2) is 9.24. The molecule has 1 aliphatic heterocycles. The van der Waals surface area contributed by atoms with Gasteiger partial charge in [-0.05, 0) is 110 Å². The predicted molar refractivity (Wildman–Crippen MR) is 149 cm³/mol. The molecule has 3 aliphatic carbocycles. The molecule has 2 bridgehead atoms. The Kier molecular flexibility index (Phi) is 6.27. The molecular weight excluding hydrogens is 581 g/mol. The molecule has 0 radical (unpaired) electrons. The van der Waals surface area contributed by atoms with E-state index >= 15 is 0 Å². The van der Waals surface area contributed by atoms with Crippen molar-refractivity contribution < 1.29 is 19.8 Å². The van der Waals surface area contributed by atoms with Crippen molar-refractivity contribution in [2.75, 3.05) is 13.1 Å². The molecule has 2 saturated carbocycles. The van der Waals surface area contributed by atoms with Crippen LogP contribution in [-0.4, -0.2) is 57.7 Å². The first-order chi connectivity index (χ1) is 17.7. The van der Waals surface area contributed by atoms with Gasteiger partial charge in [0.05, 0.1) is 11.2 Å². The molecule has 196 valence electrons. The number of carbonyl (C=O) groups excluding carboxylic acids is 2. The number of benzene rings is 2. The molecule has 37 heavy (non-hydrogen) atoms. The molecular formula is C29H34IN3O4. The minimum Gasteiger partial charge on any atom is -0.507 e. The average Bonchev–Trinajstić information content (AvgIpc) is 2.82. The number of halogens is 1. The van der Waals surface area contributed by atoms with Crippen LogP contribution in [0.2, 0.25) is 0 Å². The number of nitrogens with zero attached hydrogens (tertiary/aromatic N) is 1. The zero-order valence-electron chi connectivity index (χ0n) is 20.9. The number of rotatable bonds is 5. The number of aliphatic hydroxyl groups is 1. The first-order valence-electron chi connectivity index (χ1n) is 13.4. The highest BCUT2D eigenvalue weighted by Gasteiger charge is 2.65. The Morgan fingerprint density at radius 2 is 1.97 bits per heavy atom. The Morgan fingerprint density at radius 1 is 1.16 bits per heavy atom. The van der Waals surface area contributed by atoms with Gasteiger partial charge in [0.25, 0.3) is 11.8 Å². The summed E-state index contributed by atoms with van der Waals surface area (Å²) >= 11 is 2.20. The normalized spacial score (nSPS) is 31.1. The van der Waals surface area contributed by atoms with Gasteiger partial charge in [-0.15, -0.1) is 0 Å². The maximum absolute atomic E-state index is 13.1. The summed E-state index contributed by atoms with van der Waals surface area (Å²) in [5, 5.41) is 27.2. The summed E-state index contributed by atoms with van der Waals surface area (Å²) in [4.78, 5) is 27.8. The van der Waals surface area contributed by atoms with E-state index < -0.39 is 16.9 Å². The Hall–Kier alpha value is -2.17. The molecule has 2 aromatic carbocycles. The fraction of sp³-hybridized carbons (Fsp3) is 0.517. The van der Waals surface area contributed by atoms with E-state index in [4.69, 9.17) is 5.73 Å². The number of carbonyl (C=O) groups is 2. The highest BCUT2D eigenvalue weighted by Crippen LogP contribution is 2.60. The van der Waals surface area contributed by atoms with E-state index in [2.05, 4.69) is 32.8 Å². The van der Waals surface area contributed by atoms with Gasteiger partial charge in [0.1, 0.15) is 5.75 Å². The van der Waals surface area contributed by atoms with Gasteiger partial charge in [0.15, 0.2) is 0 Å². The Labute approximate surface area is 230 Å². The zero-order valence-corrected chi connectivity index (χ0v) is 23.0. The lowest BCUT2D eigenvalue weighted by Crippen LogP contribution is -2.74. The van der Waals surface area contributed by atoms with E-state index in [1.165, 1.54) is 19.3 Å². The molecule has 0 aromatic heterocycles. The predicted octanol–water partition coefficient (Wildman–Crippen LogP) is 3.48. The van der Waals surface area contributed by atoms with E-state index in [-0.39, 0.29) is 29.3 Å². The van der Waals surface area contributed by atoms with Gasteiger partial charge in [0.2, 0.25) is 0 Å². The van der Waals surface area contributed by atoms with Crippen molar-refractivity contribution >= 4 is 34.4 Å². The minimum atomic E-state index is -1.06. The lowest BCUT2D eigenvalue weighted by Gasteiger charge is -2.65. The van der Waals surface area contributed by atoms with Gasteiger partial charge in [-0.25, -0.2) is 0 Å². The van der Waals surface area contributed by atoms with Crippen molar-refractivity contribution in [2.24, 2.45) is 11.7 Å². The van der Waals surface area contributed by atoms with Gasteiger partial charge in [-0.3, -0.25) is 14.5 Å². The first kappa shape index (κ1) is 25.1. The van der Waals surface area contributed by atoms with Crippen molar-refractivity contribution in [3.63, 3.8) is 0 Å². The van der Waals surface area contributed by atoms with Crippen molar-refractivity contribution in [3.05, 3.63) is 62.2 Å². The van der Waals surface area contributed by atoms with Crippen LogP contribution in [0, 0.1) is 9.49 Å². The molecule has 1 unspecified atom stereocenters. The van der Waals surface area contributed by atoms with E-state index in [9.17, 15) is 19.8 Å². The van der Waals surface area contributed by atoms with Crippen LogP contribution in [0.4, 0.5) is 0 Å². The summed E-state index contributed by atoms with van der Waals surface area (Å²) in [7, 11) is 0. The van der Waals surface area contributed by atoms with Gasteiger partial charge >= 0.3 is 0 Å². The summed E-state index contributed by atoms with van der Waals surface area (Å²) in [6, 6.07) is 10.8. The standard InChI is InChI=1S/C29H34IN3O4/c30-20-6-2-5-19(13-20)27(36)32-21-9-10-29(37)23-14-18-7-8-22(26(31)35)25(34)24(18)28(29,15-21)11-12-33(23)16-17-3-1-4-17/h2,5-8,13,17,21,23,34,37H,1,3-4,9-12,14-16H2,(H2,31,35)(H,32,36)/t21?,23-,28-,29-/m1/s1. The molecule has 6 rings (SSSR count). The summed E-state index contributed by atoms with van der Waals surface area (Å²) in [6.45, 7) is 1.82. The summed E-state index contributed by atoms with van der Waals surface area (Å²) in [5.74, 6) is -0.217. The Bertz CT molecular complexity index is 1260. The maximum atomic E-state index is 13.1. The van der Waals surface area contributed by atoms with Crippen LogP contribution in [-0.2, 0) is 11.8 Å². The van der Waals surface area contributed by atoms with Crippen LogP contribution in [0.3, 0.4) is 0 Å². The third kappa shape index (κ3) is 3.98. The zero-order chi connectivity index (χ0) is 25.9. The van der Waals surface area contributed by atoms with Crippen molar-refractivity contribution in [3.8, 4) is 5.75 Å². The molecule has 4 aliphatic rings. The van der Waals surface area contributed by atoms with Gasteiger partial charge in [0, 0.05) is 38.7 Å². The number of nitrogens with two attached hydrogens (primary N) is 1.